The van der Waals surface area contributed by atoms with Gasteiger partial charge < -0.3 is 15.3 Å². The summed E-state index contributed by atoms with van der Waals surface area (Å²) in [6.45, 7) is 25.8. The summed E-state index contributed by atoms with van der Waals surface area (Å²) in [7, 11) is -4.67. The molecule has 0 amide bonds. The van der Waals surface area contributed by atoms with E-state index in [9.17, 15) is 15.3 Å². The van der Waals surface area contributed by atoms with E-state index in [4.69, 9.17) is 13.6 Å². The van der Waals surface area contributed by atoms with Crippen LogP contribution in [0.1, 0.15) is 276 Å². The number of hydrogen-bond donors (Lipinski definition) is 3. The number of phosphoric acid groups is 1. The van der Waals surface area contributed by atoms with Crippen molar-refractivity contribution in [1.82, 2.24) is 0 Å². The lowest BCUT2D eigenvalue weighted by molar-refractivity contribution is -0.129. The third-order valence-electron chi connectivity index (χ3n) is 15.0. The van der Waals surface area contributed by atoms with Gasteiger partial charge in [0.25, 0.3) is 0 Å². The van der Waals surface area contributed by atoms with Gasteiger partial charge in [0, 0.05) is 0 Å². The molecule has 0 aliphatic carbocycles. The number of phosphoric ester groups is 1. The Labute approximate surface area is 387 Å². The molecule has 0 aliphatic heterocycles. The first-order valence-electron chi connectivity index (χ1n) is 27.3. The van der Waals surface area contributed by atoms with Gasteiger partial charge in [0.1, 0.15) is 16.8 Å². The van der Waals surface area contributed by atoms with Gasteiger partial charge in [-0.25, -0.2) is 4.57 Å². The highest BCUT2D eigenvalue weighted by Crippen LogP contribution is 2.63. The fourth-order valence-electron chi connectivity index (χ4n) is 10.5. The van der Waals surface area contributed by atoms with E-state index in [1.165, 1.54) is 0 Å². The number of unbranched alkanes of at least 4 members (excludes halogenated alkanes) is 6. The molecule has 0 saturated heterocycles. The van der Waals surface area contributed by atoms with Gasteiger partial charge in [-0.2, -0.15) is 0 Å². The molecule has 374 valence electrons. The maximum absolute atomic E-state index is 16.8. The molecule has 0 radical (unpaired) electrons. The standard InChI is InChI=1S/C54H111O7P/c1-13-25-31-46(19-7)37-52(43-55,38-47(20-8)32-26-14-2)59-62(58,60-53(44-56,39-48(21-9)33-27-15-3)40-49(22-10)34-28-16-4)61-54(45-57,41-50(23-11)35-29-17-5)42-51(24-12)36-30-18-6/h46-51,55-57H,13-45H2,1-12H3. The van der Waals surface area contributed by atoms with Crippen molar-refractivity contribution in [2.24, 2.45) is 35.5 Å². The van der Waals surface area contributed by atoms with Crippen molar-refractivity contribution in [2.45, 2.75) is 293 Å². The monoisotopic (exact) mass is 903 g/mol. The molecule has 0 bridgehead atoms. The molecule has 0 saturated carbocycles. The van der Waals surface area contributed by atoms with E-state index in [1.807, 2.05) is 0 Å². The molecule has 0 spiro atoms. The molecule has 0 aliphatic rings. The van der Waals surface area contributed by atoms with Crippen molar-refractivity contribution in [3.8, 4) is 0 Å². The maximum Gasteiger partial charge on any atom is 0.476 e. The van der Waals surface area contributed by atoms with Crippen LogP contribution in [0, 0.1) is 35.5 Å². The van der Waals surface area contributed by atoms with Crippen molar-refractivity contribution in [1.29, 1.82) is 0 Å². The summed E-state index contributed by atoms with van der Waals surface area (Å²) in [5.74, 6) is 1.57. The second-order valence-corrected chi connectivity index (χ2v) is 21.9. The second-order valence-electron chi connectivity index (χ2n) is 20.5. The smallest absolute Gasteiger partial charge is 0.393 e. The minimum atomic E-state index is -4.67. The molecular weight excluding hydrogens is 792 g/mol. The quantitative estimate of drug-likeness (QED) is 0.0523. The van der Waals surface area contributed by atoms with Gasteiger partial charge in [0.15, 0.2) is 0 Å². The average molecular weight is 903 g/mol. The largest absolute Gasteiger partial charge is 0.476 e. The van der Waals surface area contributed by atoms with E-state index >= 15 is 4.57 Å². The molecule has 0 aromatic heterocycles. The summed E-state index contributed by atoms with van der Waals surface area (Å²) in [5.41, 5.74) is -3.55. The topological polar surface area (TPSA) is 105 Å². The highest BCUT2D eigenvalue weighted by atomic mass is 31.2. The van der Waals surface area contributed by atoms with E-state index < -0.39 is 24.6 Å². The van der Waals surface area contributed by atoms with E-state index in [0.29, 0.717) is 38.5 Å². The summed E-state index contributed by atoms with van der Waals surface area (Å²) in [4.78, 5) is 0. The predicted molar refractivity (Wildman–Crippen MR) is 268 cm³/mol. The van der Waals surface area contributed by atoms with Gasteiger partial charge in [-0.1, -0.05) is 237 Å². The van der Waals surface area contributed by atoms with E-state index in [1.54, 1.807) is 0 Å². The molecule has 0 fully saturated rings. The Morgan fingerprint density at radius 1 is 0.339 bits per heavy atom. The van der Waals surface area contributed by atoms with Crippen molar-refractivity contribution < 1.29 is 33.5 Å². The molecule has 8 heteroatoms. The molecule has 6 unspecified atom stereocenters. The molecule has 62 heavy (non-hydrogen) atoms. The Bertz CT molecular complexity index is 887. The molecular formula is C54H111O7P. The van der Waals surface area contributed by atoms with Gasteiger partial charge in [-0.3, -0.25) is 13.6 Å². The molecule has 6 atom stereocenters. The minimum absolute atomic E-state index is 0.262. The summed E-state index contributed by atoms with van der Waals surface area (Å²) in [6.07, 6.45) is 28.0. The Hall–Kier alpha value is -0.0100. The zero-order chi connectivity index (χ0) is 46.9. The lowest BCUT2D eigenvalue weighted by Crippen LogP contribution is -2.47. The third-order valence-corrected chi connectivity index (χ3v) is 16.8. The van der Waals surface area contributed by atoms with Gasteiger partial charge in [0.05, 0.1) is 19.8 Å². The van der Waals surface area contributed by atoms with Crippen LogP contribution in [0.3, 0.4) is 0 Å². The fraction of sp³-hybridized carbons (Fsp3) is 1.00. The summed E-state index contributed by atoms with van der Waals surface area (Å²) in [5, 5.41) is 35.6. The van der Waals surface area contributed by atoms with E-state index in [2.05, 4.69) is 83.1 Å². The first kappa shape index (κ1) is 62.0. The normalized spacial score (nSPS) is 19.1. The Balaban J connectivity index is 8.40. The van der Waals surface area contributed by atoms with Crippen LogP contribution in [0.15, 0.2) is 0 Å². The first-order chi connectivity index (χ1) is 29.8. The van der Waals surface area contributed by atoms with Crippen LogP contribution in [-0.4, -0.2) is 51.9 Å². The lowest BCUT2D eigenvalue weighted by Gasteiger charge is -2.46. The average Bonchev–Trinajstić information content (AvgIpc) is 3.28. The highest BCUT2D eigenvalue weighted by molar-refractivity contribution is 7.48. The fourth-order valence-corrected chi connectivity index (χ4v) is 12.7. The number of aliphatic hydroxyl groups is 3. The van der Waals surface area contributed by atoms with E-state index in [-0.39, 0.29) is 55.3 Å². The lowest BCUT2D eigenvalue weighted by atomic mass is 9.79. The zero-order valence-corrected chi connectivity index (χ0v) is 44.6. The molecule has 0 aromatic rings. The van der Waals surface area contributed by atoms with Gasteiger partial charge in [-0.05, 0) is 74.0 Å². The zero-order valence-electron chi connectivity index (χ0n) is 43.7. The van der Waals surface area contributed by atoms with Crippen LogP contribution in [0.5, 0.6) is 0 Å². The van der Waals surface area contributed by atoms with Crippen LogP contribution in [-0.2, 0) is 18.1 Å². The summed E-state index contributed by atoms with van der Waals surface area (Å²) >= 11 is 0. The number of aliphatic hydroxyl groups excluding tert-OH is 3. The summed E-state index contributed by atoms with van der Waals surface area (Å²) < 4.78 is 38.9. The van der Waals surface area contributed by atoms with Gasteiger partial charge >= 0.3 is 7.82 Å². The van der Waals surface area contributed by atoms with Crippen LogP contribution < -0.4 is 0 Å². The predicted octanol–water partition coefficient (Wildman–Crippen LogP) is 17.0. The molecule has 7 nitrogen and oxygen atoms in total. The SMILES string of the molecule is CCCCC(CC)CC(CO)(CC(CC)CCCC)OP(=O)(OC(CO)(CC(CC)CCCC)CC(CC)CCCC)OC(CO)(CC(CC)CCCC)CC(CC)CCCC. The minimum Gasteiger partial charge on any atom is -0.393 e. The van der Waals surface area contributed by atoms with Crippen LogP contribution in [0.2, 0.25) is 0 Å². The van der Waals surface area contributed by atoms with Gasteiger partial charge in [-0.15, -0.1) is 0 Å². The Morgan fingerprint density at radius 3 is 0.613 bits per heavy atom. The van der Waals surface area contributed by atoms with E-state index in [0.717, 1.165) is 154 Å². The second kappa shape index (κ2) is 36.1. The van der Waals surface area contributed by atoms with Crippen LogP contribution in [0.4, 0.5) is 0 Å². The van der Waals surface area contributed by atoms with Crippen LogP contribution >= 0.6 is 7.82 Å². The highest BCUT2D eigenvalue weighted by Gasteiger charge is 2.53. The molecule has 0 rings (SSSR count). The number of hydrogen-bond acceptors (Lipinski definition) is 7. The van der Waals surface area contributed by atoms with Gasteiger partial charge in [0.2, 0.25) is 0 Å². The van der Waals surface area contributed by atoms with Crippen molar-refractivity contribution in [3.63, 3.8) is 0 Å². The maximum atomic E-state index is 16.8. The number of rotatable bonds is 45. The van der Waals surface area contributed by atoms with Crippen molar-refractivity contribution >= 4 is 7.82 Å². The van der Waals surface area contributed by atoms with Crippen molar-refractivity contribution in [2.75, 3.05) is 19.8 Å². The third kappa shape index (κ3) is 24.1. The summed E-state index contributed by atoms with van der Waals surface area (Å²) in [6, 6.07) is 0. The first-order valence-corrected chi connectivity index (χ1v) is 28.8. The molecule has 0 aromatic carbocycles. The van der Waals surface area contributed by atoms with Crippen molar-refractivity contribution in [3.05, 3.63) is 0 Å². The Morgan fingerprint density at radius 2 is 0.500 bits per heavy atom. The molecule has 0 heterocycles. The molecule has 3 N–H and O–H groups in total. The Kier molecular flexibility index (Phi) is 36.1. The van der Waals surface area contributed by atoms with Crippen LogP contribution in [0.25, 0.3) is 0 Å².